The SMILES string of the molecule is COc1ccc(CN2CCc3nc(C4CCCN4C(=O)CC4C=CCC4)[nH]c(=O)c3C2)cc1. The summed E-state index contributed by atoms with van der Waals surface area (Å²) >= 11 is 0. The Morgan fingerprint density at radius 1 is 1.21 bits per heavy atom. The summed E-state index contributed by atoms with van der Waals surface area (Å²) in [6, 6.07) is 7.94. The maximum atomic E-state index is 13.0. The molecule has 0 spiro atoms. The second-order valence-electron chi connectivity index (χ2n) is 9.40. The monoisotopic (exact) mass is 448 g/mol. The molecule has 33 heavy (non-hydrogen) atoms. The van der Waals surface area contributed by atoms with Crippen molar-refractivity contribution in [3.05, 3.63) is 69.4 Å². The summed E-state index contributed by atoms with van der Waals surface area (Å²) in [5, 5.41) is 0. The van der Waals surface area contributed by atoms with Crippen LogP contribution in [-0.4, -0.2) is 45.9 Å². The molecule has 1 saturated heterocycles. The molecule has 1 N–H and O–H groups in total. The number of methoxy groups -OCH3 is 1. The van der Waals surface area contributed by atoms with Crippen LogP contribution >= 0.6 is 0 Å². The van der Waals surface area contributed by atoms with Crippen molar-refractivity contribution >= 4 is 5.91 Å². The first-order valence-corrected chi connectivity index (χ1v) is 12.0. The van der Waals surface area contributed by atoms with Gasteiger partial charge < -0.3 is 14.6 Å². The van der Waals surface area contributed by atoms with Crippen LogP contribution in [0.25, 0.3) is 0 Å². The highest BCUT2D eigenvalue weighted by atomic mass is 16.5. The summed E-state index contributed by atoms with van der Waals surface area (Å²) in [5.74, 6) is 2.04. The number of likely N-dealkylation sites (tertiary alicyclic amines) is 1. The molecule has 1 aromatic carbocycles. The van der Waals surface area contributed by atoms with Crippen LogP contribution in [0.2, 0.25) is 0 Å². The number of carbonyl (C=O) groups excluding carboxylic acids is 1. The molecule has 1 aliphatic carbocycles. The first kappa shape index (κ1) is 21.9. The minimum absolute atomic E-state index is 0.0625. The van der Waals surface area contributed by atoms with E-state index >= 15 is 0 Å². The molecule has 2 atom stereocenters. The number of aromatic nitrogens is 2. The van der Waals surface area contributed by atoms with E-state index in [2.05, 4.69) is 34.2 Å². The smallest absolute Gasteiger partial charge is 0.255 e. The van der Waals surface area contributed by atoms with Crippen molar-refractivity contribution in [1.82, 2.24) is 19.8 Å². The van der Waals surface area contributed by atoms with Gasteiger partial charge in [-0.15, -0.1) is 0 Å². The molecule has 1 fully saturated rings. The highest BCUT2D eigenvalue weighted by Gasteiger charge is 2.33. The van der Waals surface area contributed by atoms with Crippen molar-refractivity contribution in [1.29, 1.82) is 0 Å². The van der Waals surface area contributed by atoms with Gasteiger partial charge in [-0.25, -0.2) is 4.98 Å². The van der Waals surface area contributed by atoms with E-state index in [9.17, 15) is 9.59 Å². The standard InChI is InChI=1S/C26H32N4O3/c1-33-20-10-8-19(9-11-20)16-29-14-12-22-21(17-29)26(32)28-25(27-22)23-7-4-13-30(23)24(31)15-18-5-2-3-6-18/h2,5,8-11,18,23H,3-4,6-7,12-17H2,1H3,(H,27,28,32). The lowest BCUT2D eigenvalue weighted by Gasteiger charge is -2.29. The van der Waals surface area contributed by atoms with Crippen molar-refractivity contribution in [3.8, 4) is 5.75 Å². The lowest BCUT2D eigenvalue weighted by molar-refractivity contribution is -0.133. The summed E-state index contributed by atoms with van der Waals surface area (Å²) in [6.07, 6.45) is 9.57. The predicted octanol–water partition coefficient (Wildman–Crippen LogP) is 3.36. The molecule has 5 rings (SSSR count). The highest BCUT2D eigenvalue weighted by Crippen LogP contribution is 2.32. The van der Waals surface area contributed by atoms with Gasteiger partial charge in [-0.3, -0.25) is 14.5 Å². The lowest BCUT2D eigenvalue weighted by atomic mass is 10.0. The zero-order chi connectivity index (χ0) is 22.8. The van der Waals surface area contributed by atoms with Gasteiger partial charge >= 0.3 is 0 Å². The van der Waals surface area contributed by atoms with Crippen LogP contribution in [0.5, 0.6) is 5.75 Å². The molecule has 7 heteroatoms. The van der Waals surface area contributed by atoms with Crippen LogP contribution in [0, 0.1) is 5.92 Å². The lowest BCUT2D eigenvalue weighted by Crippen LogP contribution is -2.38. The fourth-order valence-corrected chi connectivity index (χ4v) is 5.34. The molecule has 1 aromatic heterocycles. The van der Waals surface area contributed by atoms with Crippen molar-refractivity contribution < 1.29 is 9.53 Å². The number of fused-ring (bicyclic) bond motifs is 1. The molecule has 7 nitrogen and oxygen atoms in total. The quantitative estimate of drug-likeness (QED) is 0.686. The van der Waals surface area contributed by atoms with E-state index in [1.165, 1.54) is 5.56 Å². The molecule has 174 valence electrons. The third-order valence-electron chi connectivity index (χ3n) is 7.17. The third-order valence-corrected chi connectivity index (χ3v) is 7.17. The molecule has 0 radical (unpaired) electrons. The number of hydrogen-bond donors (Lipinski definition) is 1. The molecular weight excluding hydrogens is 416 g/mol. The fraction of sp³-hybridized carbons (Fsp3) is 0.500. The number of aromatic amines is 1. The number of nitrogens with zero attached hydrogens (tertiary/aromatic N) is 3. The first-order valence-electron chi connectivity index (χ1n) is 12.0. The average molecular weight is 449 g/mol. The molecule has 0 bridgehead atoms. The van der Waals surface area contributed by atoms with Crippen LogP contribution < -0.4 is 10.3 Å². The summed E-state index contributed by atoms with van der Waals surface area (Å²) < 4.78 is 5.24. The van der Waals surface area contributed by atoms with Gasteiger partial charge in [0, 0.05) is 39.0 Å². The van der Waals surface area contributed by atoms with E-state index in [1.54, 1.807) is 7.11 Å². The molecule has 2 aliphatic heterocycles. The minimum atomic E-state index is -0.113. The van der Waals surface area contributed by atoms with Crippen molar-refractivity contribution in [2.45, 2.75) is 57.7 Å². The Morgan fingerprint density at radius 3 is 2.82 bits per heavy atom. The van der Waals surface area contributed by atoms with E-state index in [0.29, 0.717) is 24.7 Å². The van der Waals surface area contributed by atoms with Crippen LogP contribution in [0.3, 0.4) is 0 Å². The maximum Gasteiger partial charge on any atom is 0.255 e. The molecule has 2 aromatic rings. The highest BCUT2D eigenvalue weighted by molar-refractivity contribution is 5.77. The number of ether oxygens (including phenoxy) is 1. The van der Waals surface area contributed by atoms with E-state index in [1.807, 2.05) is 17.0 Å². The van der Waals surface area contributed by atoms with Crippen LogP contribution in [0.15, 0.2) is 41.2 Å². The van der Waals surface area contributed by atoms with E-state index in [-0.39, 0.29) is 17.5 Å². The van der Waals surface area contributed by atoms with Crippen LogP contribution in [0.1, 0.15) is 60.8 Å². The second-order valence-corrected chi connectivity index (χ2v) is 9.40. The third kappa shape index (κ3) is 4.74. The topological polar surface area (TPSA) is 78.5 Å². The summed E-state index contributed by atoms with van der Waals surface area (Å²) in [7, 11) is 1.66. The molecule has 1 amide bonds. The zero-order valence-electron chi connectivity index (χ0n) is 19.3. The summed E-state index contributed by atoms with van der Waals surface area (Å²) in [6.45, 7) is 2.98. The second kappa shape index (κ2) is 9.51. The van der Waals surface area contributed by atoms with Gasteiger partial charge in [0.1, 0.15) is 11.6 Å². The molecule has 2 unspecified atom stereocenters. The number of allylic oxidation sites excluding steroid dienone is 2. The Hall–Kier alpha value is -2.93. The summed E-state index contributed by atoms with van der Waals surface area (Å²) in [4.78, 5) is 38.1. The summed E-state index contributed by atoms with van der Waals surface area (Å²) in [5.41, 5.74) is 2.77. The Bertz CT molecular complexity index is 1090. The van der Waals surface area contributed by atoms with Gasteiger partial charge in [-0.2, -0.15) is 0 Å². The number of amides is 1. The number of rotatable bonds is 6. The number of benzene rings is 1. The van der Waals surface area contributed by atoms with Crippen molar-refractivity contribution in [3.63, 3.8) is 0 Å². The van der Waals surface area contributed by atoms with E-state index in [0.717, 1.165) is 68.7 Å². The maximum absolute atomic E-state index is 13.0. The van der Waals surface area contributed by atoms with Gasteiger partial charge in [0.2, 0.25) is 5.91 Å². The Morgan fingerprint density at radius 2 is 2.06 bits per heavy atom. The van der Waals surface area contributed by atoms with Gasteiger partial charge in [-0.05, 0) is 49.3 Å². The molecule has 3 aliphatic rings. The first-order chi connectivity index (χ1) is 16.1. The van der Waals surface area contributed by atoms with E-state index < -0.39 is 0 Å². The van der Waals surface area contributed by atoms with E-state index in [4.69, 9.17) is 9.72 Å². The minimum Gasteiger partial charge on any atom is -0.497 e. The fourth-order valence-electron chi connectivity index (χ4n) is 5.34. The normalized spacial score (nSPS) is 22.5. The average Bonchev–Trinajstić information content (AvgIpc) is 3.52. The molecule has 0 saturated carbocycles. The molecular formula is C26H32N4O3. The number of H-pyrrole nitrogens is 1. The number of nitrogens with one attached hydrogen (secondary N) is 1. The Kier molecular flexibility index (Phi) is 6.31. The Labute approximate surface area is 194 Å². The number of hydrogen-bond acceptors (Lipinski definition) is 5. The van der Waals surface area contributed by atoms with Gasteiger partial charge in [-0.1, -0.05) is 24.3 Å². The zero-order valence-corrected chi connectivity index (χ0v) is 19.3. The van der Waals surface area contributed by atoms with Gasteiger partial charge in [0.25, 0.3) is 5.56 Å². The largest absolute Gasteiger partial charge is 0.497 e. The van der Waals surface area contributed by atoms with Gasteiger partial charge in [0.15, 0.2) is 0 Å². The molecule has 3 heterocycles. The van der Waals surface area contributed by atoms with Crippen LogP contribution in [0.4, 0.5) is 0 Å². The van der Waals surface area contributed by atoms with Crippen molar-refractivity contribution in [2.75, 3.05) is 20.2 Å². The predicted molar refractivity (Wildman–Crippen MR) is 126 cm³/mol. The Balaban J connectivity index is 1.29. The number of carbonyl (C=O) groups is 1. The van der Waals surface area contributed by atoms with Crippen molar-refractivity contribution in [2.24, 2.45) is 5.92 Å². The van der Waals surface area contributed by atoms with Gasteiger partial charge in [0.05, 0.1) is 24.4 Å². The van der Waals surface area contributed by atoms with Crippen LogP contribution in [-0.2, 0) is 24.3 Å².